The number of anilines is 1. The van der Waals surface area contributed by atoms with Gasteiger partial charge < -0.3 is 10.2 Å². The molecule has 0 bridgehead atoms. The highest BCUT2D eigenvalue weighted by atomic mass is 16.2. The fourth-order valence-electron chi connectivity index (χ4n) is 3.69. The lowest BCUT2D eigenvalue weighted by atomic mass is 9.90. The SMILES string of the molecule is Cc1ccccc1CCC1CCCN(C(=O)c2cnc(NC(C)C)nc2)C1. The molecule has 0 spiro atoms. The Labute approximate surface area is 162 Å². The van der Waals surface area contributed by atoms with E-state index in [1.165, 1.54) is 17.5 Å². The quantitative estimate of drug-likeness (QED) is 0.836. The first kappa shape index (κ1) is 19.3. The van der Waals surface area contributed by atoms with Crippen molar-refractivity contribution in [3.63, 3.8) is 0 Å². The number of rotatable bonds is 6. The van der Waals surface area contributed by atoms with Crippen molar-refractivity contribution in [3.05, 3.63) is 53.3 Å². The summed E-state index contributed by atoms with van der Waals surface area (Å²) in [6.45, 7) is 7.90. The summed E-state index contributed by atoms with van der Waals surface area (Å²) in [5.41, 5.74) is 3.35. The van der Waals surface area contributed by atoms with Crippen LogP contribution in [0.3, 0.4) is 0 Å². The van der Waals surface area contributed by atoms with Gasteiger partial charge in [-0.2, -0.15) is 0 Å². The van der Waals surface area contributed by atoms with Gasteiger partial charge in [0.15, 0.2) is 0 Å². The van der Waals surface area contributed by atoms with Crippen LogP contribution in [0.25, 0.3) is 0 Å². The van der Waals surface area contributed by atoms with Crippen LogP contribution in [0.15, 0.2) is 36.7 Å². The van der Waals surface area contributed by atoms with Crippen LogP contribution in [0.1, 0.15) is 54.6 Å². The molecule has 1 aromatic heterocycles. The molecule has 1 aromatic carbocycles. The Hall–Kier alpha value is -2.43. The number of amides is 1. The van der Waals surface area contributed by atoms with Gasteiger partial charge >= 0.3 is 0 Å². The normalized spacial score (nSPS) is 17.2. The van der Waals surface area contributed by atoms with Crippen molar-refractivity contribution < 1.29 is 4.79 Å². The third kappa shape index (κ3) is 5.28. The number of hydrogen-bond acceptors (Lipinski definition) is 4. The number of hydrogen-bond donors (Lipinski definition) is 1. The van der Waals surface area contributed by atoms with E-state index in [9.17, 15) is 4.79 Å². The predicted molar refractivity (Wildman–Crippen MR) is 109 cm³/mol. The van der Waals surface area contributed by atoms with Gasteiger partial charge in [-0.25, -0.2) is 9.97 Å². The maximum atomic E-state index is 12.8. The van der Waals surface area contributed by atoms with Crippen molar-refractivity contribution in [3.8, 4) is 0 Å². The molecule has 0 radical (unpaired) electrons. The Morgan fingerprint density at radius 3 is 2.70 bits per heavy atom. The highest BCUT2D eigenvalue weighted by molar-refractivity contribution is 5.93. The van der Waals surface area contributed by atoms with Crippen LogP contribution in [-0.2, 0) is 6.42 Å². The molecule has 0 saturated carbocycles. The Morgan fingerprint density at radius 1 is 1.26 bits per heavy atom. The molecule has 1 N–H and O–H groups in total. The van der Waals surface area contributed by atoms with Crippen molar-refractivity contribution in [2.75, 3.05) is 18.4 Å². The van der Waals surface area contributed by atoms with Crippen LogP contribution in [-0.4, -0.2) is 39.9 Å². The third-order valence-corrected chi connectivity index (χ3v) is 5.21. The molecule has 1 saturated heterocycles. The third-order valence-electron chi connectivity index (χ3n) is 5.21. The van der Waals surface area contributed by atoms with Crippen molar-refractivity contribution >= 4 is 11.9 Å². The molecule has 1 aliphatic rings. The number of aromatic nitrogens is 2. The zero-order valence-corrected chi connectivity index (χ0v) is 16.6. The standard InChI is InChI=1S/C22H30N4O/c1-16(2)25-22-23-13-20(14-24-22)21(27)26-12-6-8-18(15-26)10-11-19-9-5-4-7-17(19)3/h4-5,7,9,13-14,16,18H,6,8,10-12,15H2,1-3H3,(H,23,24,25). The molecule has 1 atom stereocenters. The second-order valence-electron chi connectivity index (χ2n) is 7.82. The van der Waals surface area contributed by atoms with Crippen LogP contribution in [0.2, 0.25) is 0 Å². The molecule has 5 heteroatoms. The molecule has 5 nitrogen and oxygen atoms in total. The molecule has 2 aromatic rings. The second-order valence-corrected chi connectivity index (χ2v) is 7.82. The van der Waals surface area contributed by atoms with Crippen LogP contribution >= 0.6 is 0 Å². The summed E-state index contributed by atoms with van der Waals surface area (Å²) >= 11 is 0. The summed E-state index contributed by atoms with van der Waals surface area (Å²) in [5.74, 6) is 1.17. The predicted octanol–water partition coefficient (Wildman–Crippen LogP) is 4.09. The van der Waals surface area contributed by atoms with Gasteiger partial charge in [0.2, 0.25) is 5.95 Å². The van der Waals surface area contributed by atoms with Crippen molar-refractivity contribution in [1.29, 1.82) is 0 Å². The molecule has 1 fully saturated rings. The number of piperidine rings is 1. The largest absolute Gasteiger partial charge is 0.352 e. The van der Waals surface area contributed by atoms with Crippen molar-refractivity contribution in [2.45, 2.75) is 52.5 Å². The maximum absolute atomic E-state index is 12.8. The van der Waals surface area contributed by atoms with Crippen LogP contribution < -0.4 is 5.32 Å². The second kappa shape index (κ2) is 8.98. The highest BCUT2D eigenvalue weighted by Crippen LogP contribution is 2.23. The molecule has 27 heavy (non-hydrogen) atoms. The lowest BCUT2D eigenvalue weighted by molar-refractivity contribution is 0.0667. The van der Waals surface area contributed by atoms with E-state index in [4.69, 9.17) is 0 Å². The van der Waals surface area contributed by atoms with E-state index in [0.29, 0.717) is 17.4 Å². The van der Waals surface area contributed by atoms with Crippen LogP contribution in [0.4, 0.5) is 5.95 Å². The topological polar surface area (TPSA) is 58.1 Å². The molecule has 0 aliphatic carbocycles. The summed E-state index contributed by atoms with van der Waals surface area (Å²) in [7, 11) is 0. The summed E-state index contributed by atoms with van der Waals surface area (Å²) in [6, 6.07) is 8.85. The highest BCUT2D eigenvalue weighted by Gasteiger charge is 2.25. The first-order valence-electron chi connectivity index (χ1n) is 9.95. The van der Waals surface area contributed by atoms with Gasteiger partial charge in [0.1, 0.15) is 0 Å². The lowest BCUT2D eigenvalue weighted by Gasteiger charge is -2.33. The Bertz CT molecular complexity index is 757. The molecule has 3 rings (SSSR count). The first-order valence-corrected chi connectivity index (χ1v) is 9.95. The number of carbonyl (C=O) groups is 1. The van der Waals surface area contributed by atoms with Gasteiger partial charge in [0.25, 0.3) is 5.91 Å². The van der Waals surface area contributed by atoms with Crippen molar-refractivity contribution in [2.24, 2.45) is 5.92 Å². The smallest absolute Gasteiger partial charge is 0.257 e. The Kier molecular flexibility index (Phi) is 6.43. The summed E-state index contributed by atoms with van der Waals surface area (Å²) < 4.78 is 0. The minimum atomic E-state index is 0.0479. The molecule has 1 amide bonds. The lowest BCUT2D eigenvalue weighted by Crippen LogP contribution is -2.40. The minimum Gasteiger partial charge on any atom is -0.352 e. The van der Waals surface area contributed by atoms with Gasteiger partial charge in [-0.15, -0.1) is 0 Å². The summed E-state index contributed by atoms with van der Waals surface area (Å²) in [5, 5.41) is 3.15. The molecular weight excluding hydrogens is 336 g/mol. The number of nitrogens with zero attached hydrogens (tertiary/aromatic N) is 3. The van der Waals surface area contributed by atoms with E-state index in [-0.39, 0.29) is 11.9 Å². The molecule has 144 valence electrons. The zero-order valence-electron chi connectivity index (χ0n) is 16.6. The van der Waals surface area contributed by atoms with Gasteiger partial charge in [-0.05, 0) is 63.5 Å². The number of benzene rings is 1. The van der Waals surface area contributed by atoms with Crippen molar-refractivity contribution in [1.82, 2.24) is 14.9 Å². The number of nitrogens with one attached hydrogen (secondary N) is 1. The average Bonchev–Trinajstić information content (AvgIpc) is 2.67. The first-order chi connectivity index (χ1) is 13.0. The van der Waals surface area contributed by atoms with Gasteiger partial charge in [0.05, 0.1) is 5.56 Å². The minimum absolute atomic E-state index is 0.0479. The van der Waals surface area contributed by atoms with E-state index in [1.54, 1.807) is 12.4 Å². The van der Waals surface area contributed by atoms with E-state index in [0.717, 1.165) is 32.4 Å². The van der Waals surface area contributed by atoms with Crippen LogP contribution in [0, 0.1) is 12.8 Å². The van der Waals surface area contributed by atoms with E-state index >= 15 is 0 Å². The van der Waals surface area contributed by atoms with E-state index in [2.05, 4.69) is 46.5 Å². The number of aryl methyl sites for hydroxylation is 2. The summed E-state index contributed by atoms with van der Waals surface area (Å²) in [4.78, 5) is 23.3. The summed E-state index contributed by atoms with van der Waals surface area (Å²) in [6.07, 6.45) is 7.75. The van der Waals surface area contributed by atoms with Gasteiger partial charge in [-0.1, -0.05) is 24.3 Å². The maximum Gasteiger partial charge on any atom is 0.257 e. The molecular formula is C22H30N4O. The molecule has 1 aliphatic heterocycles. The molecule has 1 unspecified atom stereocenters. The Balaban J connectivity index is 1.57. The van der Waals surface area contributed by atoms with Crippen LogP contribution in [0.5, 0.6) is 0 Å². The fourth-order valence-corrected chi connectivity index (χ4v) is 3.69. The monoisotopic (exact) mass is 366 g/mol. The number of carbonyl (C=O) groups excluding carboxylic acids is 1. The average molecular weight is 367 g/mol. The zero-order chi connectivity index (χ0) is 19.2. The molecule has 2 heterocycles. The Morgan fingerprint density at radius 2 is 2.00 bits per heavy atom. The van der Waals surface area contributed by atoms with E-state index < -0.39 is 0 Å². The van der Waals surface area contributed by atoms with Gasteiger partial charge in [0, 0.05) is 31.5 Å². The van der Waals surface area contributed by atoms with E-state index in [1.807, 2.05) is 18.7 Å². The number of likely N-dealkylation sites (tertiary alicyclic amines) is 1. The van der Waals surface area contributed by atoms with Gasteiger partial charge in [-0.3, -0.25) is 4.79 Å². The fraction of sp³-hybridized carbons (Fsp3) is 0.500.